The molecule has 1 aromatic carbocycles. The summed E-state index contributed by atoms with van der Waals surface area (Å²) >= 11 is 0. The largest absolute Gasteiger partial charge is 0.351 e. The van der Waals surface area contributed by atoms with Crippen molar-refractivity contribution in [2.24, 2.45) is 23.2 Å². The first-order valence-electron chi connectivity index (χ1n) is 9.20. The fourth-order valence-corrected chi connectivity index (χ4v) is 3.34. The van der Waals surface area contributed by atoms with E-state index in [9.17, 15) is 9.18 Å². The molecule has 3 heteroatoms. The van der Waals surface area contributed by atoms with Crippen molar-refractivity contribution < 1.29 is 9.18 Å². The Morgan fingerprint density at radius 3 is 2.08 bits per heavy atom. The van der Waals surface area contributed by atoms with Crippen molar-refractivity contribution in [2.45, 2.75) is 60.8 Å². The van der Waals surface area contributed by atoms with Gasteiger partial charge in [0.05, 0.1) is 0 Å². The summed E-state index contributed by atoms with van der Waals surface area (Å²) < 4.78 is 13.0. The number of nitrogens with one attached hydrogen (secondary N) is 1. The molecule has 0 saturated carbocycles. The molecular weight excluding hydrogens is 301 g/mol. The molecule has 24 heavy (non-hydrogen) atoms. The molecule has 1 N–H and O–H groups in total. The zero-order valence-electron chi connectivity index (χ0n) is 16.2. The van der Waals surface area contributed by atoms with E-state index >= 15 is 0 Å². The van der Waals surface area contributed by atoms with E-state index in [-0.39, 0.29) is 17.1 Å². The van der Waals surface area contributed by atoms with Gasteiger partial charge in [0.1, 0.15) is 5.82 Å². The molecule has 0 aliphatic heterocycles. The van der Waals surface area contributed by atoms with Crippen molar-refractivity contribution in [1.82, 2.24) is 5.32 Å². The molecular formula is C21H34FNO. The van der Waals surface area contributed by atoms with Crippen LogP contribution >= 0.6 is 0 Å². The molecule has 1 atom stereocenters. The topological polar surface area (TPSA) is 29.1 Å². The van der Waals surface area contributed by atoms with Crippen molar-refractivity contribution in [3.63, 3.8) is 0 Å². The van der Waals surface area contributed by atoms with Gasteiger partial charge in [-0.2, -0.15) is 0 Å². The van der Waals surface area contributed by atoms with Crippen LogP contribution in [0.3, 0.4) is 0 Å². The zero-order chi connectivity index (χ0) is 18.3. The monoisotopic (exact) mass is 335 g/mol. The maximum Gasteiger partial charge on any atom is 0.251 e. The lowest BCUT2D eigenvalue weighted by Gasteiger charge is -2.40. The third-order valence-electron chi connectivity index (χ3n) is 4.97. The van der Waals surface area contributed by atoms with E-state index in [1.807, 2.05) is 0 Å². The number of carbonyl (C=O) groups excluding carboxylic acids is 1. The predicted molar refractivity (Wildman–Crippen MR) is 99.5 cm³/mol. The van der Waals surface area contributed by atoms with Crippen LogP contribution in [-0.4, -0.2) is 12.5 Å². The van der Waals surface area contributed by atoms with E-state index in [1.165, 1.54) is 24.3 Å². The van der Waals surface area contributed by atoms with Crippen LogP contribution in [0.2, 0.25) is 0 Å². The molecule has 1 amide bonds. The minimum Gasteiger partial charge on any atom is -0.351 e. The lowest BCUT2D eigenvalue weighted by molar-refractivity contribution is 0.0843. The number of hydrogen-bond acceptors (Lipinski definition) is 1. The van der Waals surface area contributed by atoms with Crippen molar-refractivity contribution in [3.8, 4) is 0 Å². The van der Waals surface area contributed by atoms with Gasteiger partial charge in [0, 0.05) is 12.1 Å². The number of amides is 1. The minimum absolute atomic E-state index is 0.105. The first kappa shape index (κ1) is 20.7. The highest BCUT2D eigenvalue weighted by atomic mass is 19.1. The van der Waals surface area contributed by atoms with Gasteiger partial charge in [-0.05, 0) is 60.3 Å². The highest BCUT2D eigenvalue weighted by molar-refractivity contribution is 5.94. The lowest BCUT2D eigenvalue weighted by Crippen LogP contribution is -2.42. The summed E-state index contributed by atoms with van der Waals surface area (Å²) in [4.78, 5) is 12.4. The first-order chi connectivity index (χ1) is 11.2. The molecule has 1 unspecified atom stereocenters. The van der Waals surface area contributed by atoms with Gasteiger partial charge in [0.25, 0.3) is 5.91 Å². The number of rotatable bonds is 9. The maximum absolute atomic E-state index is 13.0. The van der Waals surface area contributed by atoms with Gasteiger partial charge in [-0.3, -0.25) is 4.79 Å². The number of benzene rings is 1. The summed E-state index contributed by atoms with van der Waals surface area (Å²) in [7, 11) is 0. The maximum atomic E-state index is 13.0. The predicted octanol–water partition coefficient (Wildman–Crippen LogP) is 5.68. The second-order valence-electron chi connectivity index (χ2n) is 8.24. The summed E-state index contributed by atoms with van der Waals surface area (Å²) in [5, 5.41) is 3.11. The van der Waals surface area contributed by atoms with Crippen LogP contribution in [0.4, 0.5) is 4.39 Å². The number of halogens is 1. The molecule has 0 fully saturated rings. The van der Waals surface area contributed by atoms with Crippen molar-refractivity contribution in [2.75, 3.05) is 6.54 Å². The van der Waals surface area contributed by atoms with Crippen LogP contribution in [0.1, 0.15) is 71.2 Å². The Balaban J connectivity index is 2.85. The number of hydrogen-bond donors (Lipinski definition) is 1. The Hall–Kier alpha value is -1.38. The molecule has 0 radical (unpaired) electrons. The van der Waals surface area contributed by atoms with Gasteiger partial charge in [0.15, 0.2) is 0 Å². The van der Waals surface area contributed by atoms with Crippen LogP contribution in [0.25, 0.3) is 0 Å². The van der Waals surface area contributed by atoms with Gasteiger partial charge in [-0.1, -0.05) is 48.0 Å². The zero-order valence-corrected chi connectivity index (χ0v) is 16.2. The minimum atomic E-state index is -0.320. The van der Waals surface area contributed by atoms with Gasteiger partial charge in [-0.25, -0.2) is 4.39 Å². The van der Waals surface area contributed by atoms with Crippen molar-refractivity contribution in [3.05, 3.63) is 35.6 Å². The van der Waals surface area contributed by atoms with Gasteiger partial charge in [-0.15, -0.1) is 0 Å². The smallest absolute Gasteiger partial charge is 0.251 e. The van der Waals surface area contributed by atoms with E-state index in [1.54, 1.807) is 0 Å². The van der Waals surface area contributed by atoms with Gasteiger partial charge in [0.2, 0.25) is 0 Å². The van der Waals surface area contributed by atoms with E-state index < -0.39 is 0 Å². The highest BCUT2D eigenvalue weighted by Gasteiger charge is 2.34. The van der Waals surface area contributed by atoms with Crippen LogP contribution in [0.15, 0.2) is 24.3 Å². The van der Waals surface area contributed by atoms with E-state index in [2.05, 4.69) is 46.9 Å². The molecule has 136 valence electrons. The normalized spacial score (nSPS) is 14.2. The average Bonchev–Trinajstić information content (AvgIpc) is 2.49. The molecule has 0 spiro atoms. The fraction of sp³-hybridized carbons (Fsp3) is 0.667. The van der Waals surface area contributed by atoms with E-state index in [0.29, 0.717) is 29.9 Å². The summed E-state index contributed by atoms with van der Waals surface area (Å²) in [5.41, 5.74) is 0.621. The second kappa shape index (κ2) is 9.19. The number of carbonyl (C=O) groups is 1. The molecule has 0 bridgehead atoms. The van der Waals surface area contributed by atoms with E-state index in [4.69, 9.17) is 0 Å². The van der Waals surface area contributed by atoms with Crippen molar-refractivity contribution in [1.29, 1.82) is 0 Å². The second-order valence-corrected chi connectivity index (χ2v) is 8.24. The molecule has 0 heterocycles. The fourth-order valence-electron chi connectivity index (χ4n) is 3.34. The van der Waals surface area contributed by atoms with Crippen molar-refractivity contribution >= 4 is 5.91 Å². The molecule has 0 aliphatic carbocycles. The summed E-state index contributed by atoms with van der Waals surface area (Å²) in [6, 6.07) is 5.74. The van der Waals surface area contributed by atoms with Crippen LogP contribution in [0, 0.1) is 29.0 Å². The Bertz CT molecular complexity index is 507. The molecule has 0 aliphatic rings. The van der Waals surface area contributed by atoms with Gasteiger partial charge >= 0.3 is 0 Å². The third-order valence-corrected chi connectivity index (χ3v) is 4.97. The Labute approximate surface area is 147 Å². The summed E-state index contributed by atoms with van der Waals surface area (Å²) in [6.07, 6.45) is 3.38. The Morgan fingerprint density at radius 1 is 1.04 bits per heavy atom. The van der Waals surface area contributed by atoms with Gasteiger partial charge < -0.3 is 5.32 Å². The lowest BCUT2D eigenvalue weighted by atomic mass is 9.68. The first-order valence-corrected chi connectivity index (χ1v) is 9.20. The molecule has 0 saturated heterocycles. The average molecular weight is 336 g/mol. The third kappa shape index (κ3) is 6.26. The quantitative estimate of drug-likeness (QED) is 0.618. The molecule has 1 rings (SSSR count). The van der Waals surface area contributed by atoms with Crippen LogP contribution in [0.5, 0.6) is 0 Å². The summed E-state index contributed by atoms with van der Waals surface area (Å²) in [6.45, 7) is 14.2. The Kier molecular flexibility index (Phi) is 7.92. The van der Waals surface area contributed by atoms with E-state index in [0.717, 1.165) is 19.3 Å². The standard InChI is InChI=1S/C21H34FNO/c1-15(2)11-12-21(17(5)6,13-16(3)4)14-23-20(24)18-7-9-19(22)10-8-18/h7-10,15-17H,11-14H2,1-6H3,(H,23,24). The summed E-state index contributed by atoms with van der Waals surface area (Å²) in [5.74, 6) is 1.30. The Morgan fingerprint density at radius 2 is 1.62 bits per heavy atom. The van der Waals surface area contributed by atoms with Crippen LogP contribution < -0.4 is 5.32 Å². The van der Waals surface area contributed by atoms with Crippen LogP contribution in [-0.2, 0) is 0 Å². The molecule has 2 nitrogen and oxygen atoms in total. The SMILES string of the molecule is CC(C)CCC(CNC(=O)c1ccc(F)cc1)(CC(C)C)C(C)C. The molecule has 0 aromatic heterocycles. The highest BCUT2D eigenvalue weighted by Crippen LogP contribution is 2.39. The molecule has 1 aromatic rings.